The van der Waals surface area contributed by atoms with E-state index in [2.05, 4.69) is 0 Å². The van der Waals surface area contributed by atoms with Crippen LogP contribution in [-0.2, 0) is 19.6 Å². The zero-order valence-electron chi connectivity index (χ0n) is 14.2. The van der Waals surface area contributed by atoms with Gasteiger partial charge in [0.05, 0.1) is 16.5 Å². The predicted molar refractivity (Wildman–Crippen MR) is 91.1 cm³/mol. The molecule has 3 heterocycles. The van der Waals surface area contributed by atoms with Gasteiger partial charge >= 0.3 is 0 Å². The number of piperidine rings is 1. The highest BCUT2D eigenvalue weighted by Crippen LogP contribution is 2.42. The van der Waals surface area contributed by atoms with E-state index in [1.54, 1.807) is 4.31 Å². The smallest absolute Gasteiger partial charge is 0.243 e. The first-order valence-electron chi connectivity index (χ1n) is 8.80. The van der Waals surface area contributed by atoms with Crippen molar-refractivity contribution in [1.82, 2.24) is 9.21 Å². The minimum absolute atomic E-state index is 0.136. The Bertz CT molecular complexity index is 873. The molecular weight excluding hydrogens is 354 g/mol. The molecule has 26 heavy (non-hydrogen) atoms. The first-order valence-corrected chi connectivity index (χ1v) is 10.2. The number of fused-ring (bicyclic) bond motifs is 2. The SMILES string of the molecule is N#Cc1ccc(S(=O)(=O)N2C3CCC2CC(N2C(=O)CCC2=O)C3)cc1. The van der Waals surface area contributed by atoms with Crippen LogP contribution < -0.4 is 0 Å². The van der Waals surface area contributed by atoms with Crippen LogP contribution in [-0.4, -0.2) is 47.6 Å². The molecule has 0 saturated carbocycles. The number of hydrogen-bond donors (Lipinski definition) is 0. The first kappa shape index (κ1) is 17.2. The summed E-state index contributed by atoms with van der Waals surface area (Å²) >= 11 is 0. The molecule has 8 heteroatoms. The summed E-state index contributed by atoms with van der Waals surface area (Å²) in [6, 6.07) is 7.34. The monoisotopic (exact) mass is 373 g/mol. The molecular formula is C18H19N3O4S. The molecule has 0 radical (unpaired) electrons. The van der Waals surface area contributed by atoms with Crippen molar-refractivity contribution in [1.29, 1.82) is 5.26 Å². The zero-order chi connectivity index (χ0) is 18.5. The molecule has 3 fully saturated rings. The van der Waals surface area contributed by atoms with Crippen molar-refractivity contribution in [3.63, 3.8) is 0 Å². The normalized spacial score (nSPS) is 29.2. The molecule has 3 aliphatic rings. The Hall–Kier alpha value is -2.24. The Kier molecular flexibility index (Phi) is 4.09. The van der Waals surface area contributed by atoms with Gasteiger partial charge in [0.1, 0.15) is 0 Å². The van der Waals surface area contributed by atoms with Crippen LogP contribution in [0.25, 0.3) is 0 Å². The number of sulfonamides is 1. The van der Waals surface area contributed by atoms with Crippen molar-refractivity contribution < 1.29 is 18.0 Å². The second-order valence-corrected chi connectivity index (χ2v) is 8.98. The summed E-state index contributed by atoms with van der Waals surface area (Å²) in [6.45, 7) is 0. The number of hydrogen-bond acceptors (Lipinski definition) is 5. The molecule has 0 aliphatic carbocycles. The van der Waals surface area contributed by atoms with E-state index in [-0.39, 0.29) is 47.7 Å². The molecule has 3 saturated heterocycles. The van der Waals surface area contributed by atoms with Gasteiger partial charge in [0.25, 0.3) is 0 Å². The van der Waals surface area contributed by atoms with Crippen LogP contribution in [0.3, 0.4) is 0 Å². The second-order valence-electron chi connectivity index (χ2n) is 7.14. The van der Waals surface area contributed by atoms with Crippen molar-refractivity contribution in [3.8, 4) is 6.07 Å². The largest absolute Gasteiger partial charge is 0.279 e. The van der Waals surface area contributed by atoms with Crippen molar-refractivity contribution in [3.05, 3.63) is 29.8 Å². The number of amides is 2. The predicted octanol–water partition coefficient (Wildman–Crippen LogP) is 1.39. The first-order chi connectivity index (χ1) is 12.4. The lowest BCUT2D eigenvalue weighted by Crippen LogP contribution is -2.53. The third-order valence-electron chi connectivity index (χ3n) is 5.66. The number of carbonyl (C=O) groups excluding carboxylic acids is 2. The van der Waals surface area contributed by atoms with E-state index in [0.717, 1.165) is 12.8 Å². The van der Waals surface area contributed by atoms with Crippen LogP contribution in [0.4, 0.5) is 0 Å². The summed E-state index contributed by atoms with van der Waals surface area (Å²) in [5.41, 5.74) is 0.414. The van der Waals surface area contributed by atoms with E-state index in [1.165, 1.54) is 29.2 Å². The van der Waals surface area contributed by atoms with Gasteiger partial charge in [-0.15, -0.1) is 0 Å². The third-order valence-corrected chi connectivity index (χ3v) is 7.67. The molecule has 2 bridgehead atoms. The van der Waals surface area contributed by atoms with E-state index in [1.807, 2.05) is 6.07 Å². The van der Waals surface area contributed by atoms with Crippen molar-refractivity contribution in [2.24, 2.45) is 0 Å². The van der Waals surface area contributed by atoms with E-state index in [9.17, 15) is 18.0 Å². The lowest BCUT2D eigenvalue weighted by atomic mass is 9.98. The minimum Gasteiger partial charge on any atom is -0.279 e. The molecule has 0 spiro atoms. The van der Waals surface area contributed by atoms with Crippen LogP contribution in [0.2, 0.25) is 0 Å². The van der Waals surface area contributed by atoms with E-state index in [0.29, 0.717) is 18.4 Å². The molecule has 2 atom stereocenters. The molecule has 4 rings (SSSR count). The number of likely N-dealkylation sites (tertiary alicyclic amines) is 1. The zero-order valence-corrected chi connectivity index (χ0v) is 15.0. The van der Waals surface area contributed by atoms with Gasteiger partial charge in [0, 0.05) is 31.0 Å². The Balaban J connectivity index is 1.59. The standard InChI is InChI=1S/C18H19N3O4S/c19-11-12-1-5-16(6-2-12)26(24,25)21-13-3-4-14(21)10-15(9-13)20-17(22)7-8-18(20)23/h1-2,5-6,13-15H,3-4,7-10H2. The van der Waals surface area contributed by atoms with Crippen LogP contribution >= 0.6 is 0 Å². The lowest BCUT2D eigenvalue weighted by Gasteiger charge is -2.40. The van der Waals surface area contributed by atoms with Crippen molar-refractivity contribution in [2.75, 3.05) is 0 Å². The van der Waals surface area contributed by atoms with E-state index >= 15 is 0 Å². The number of nitrogens with zero attached hydrogens (tertiary/aromatic N) is 3. The molecule has 0 aromatic heterocycles. The molecule has 7 nitrogen and oxygen atoms in total. The number of benzene rings is 1. The second kappa shape index (κ2) is 6.18. The number of carbonyl (C=O) groups is 2. The van der Waals surface area contributed by atoms with E-state index < -0.39 is 10.0 Å². The highest BCUT2D eigenvalue weighted by molar-refractivity contribution is 7.89. The molecule has 1 aromatic rings. The fourth-order valence-electron chi connectivity index (χ4n) is 4.53. The lowest BCUT2D eigenvalue weighted by molar-refractivity contribution is -0.142. The summed E-state index contributed by atoms with van der Waals surface area (Å²) in [5, 5.41) is 8.88. The van der Waals surface area contributed by atoms with Crippen LogP contribution in [0.5, 0.6) is 0 Å². The van der Waals surface area contributed by atoms with Crippen molar-refractivity contribution >= 4 is 21.8 Å². The number of imide groups is 1. The Morgan fingerprint density at radius 2 is 1.46 bits per heavy atom. The number of nitriles is 1. The summed E-state index contributed by atoms with van der Waals surface area (Å²) < 4.78 is 27.8. The van der Waals surface area contributed by atoms with Gasteiger partial charge in [-0.05, 0) is 49.9 Å². The molecule has 0 N–H and O–H groups in total. The number of rotatable bonds is 3. The van der Waals surface area contributed by atoms with Crippen LogP contribution in [0.15, 0.2) is 29.2 Å². The third kappa shape index (κ3) is 2.63. The molecule has 3 aliphatic heterocycles. The Morgan fingerprint density at radius 1 is 0.923 bits per heavy atom. The summed E-state index contributed by atoms with van der Waals surface area (Å²) in [5.74, 6) is -0.273. The Labute approximate surface area is 152 Å². The maximum Gasteiger partial charge on any atom is 0.243 e. The van der Waals surface area contributed by atoms with Crippen molar-refractivity contribution in [2.45, 2.75) is 61.5 Å². The molecule has 2 unspecified atom stereocenters. The van der Waals surface area contributed by atoms with Gasteiger partial charge in [0.15, 0.2) is 0 Å². The maximum atomic E-state index is 13.1. The average Bonchev–Trinajstić information content (AvgIpc) is 3.11. The van der Waals surface area contributed by atoms with Gasteiger partial charge in [-0.1, -0.05) is 0 Å². The molecule has 136 valence electrons. The van der Waals surface area contributed by atoms with Gasteiger partial charge in [0.2, 0.25) is 21.8 Å². The molecule has 1 aromatic carbocycles. The molecule has 2 amide bonds. The fourth-order valence-corrected chi connectivity index (χ4v) is 6.42. The van der Waals surface area contributed by atoms with Gasteiger partial charge in [-0.2, -0.15) is 9.57 Å². The van der Waals surface area contributed by atoms with Crippen LogP contribution in [0.1, 0.15) is 44.1 Å². The fraction of sp³-hybridized carbons (Fsp3) is 0.500. The summed E-state index contributed by atoms with van der Waals surface area (Å²) in [6.07, 6.45) is 3.02. The Morgan fingerprint density at radius 3 is 1.96 bits per heavy atom. The highest BCUT2D eigenvalue weighted by Gasteiger charge is 2.50. The highest BCUT2D eigenvalue weighted by atomic mass is 32.2. The average molecular weight is 373 g/mol. The summed E-state index contributed by atoms with van der Waals surface area (Å²) in [4.78, 5) is 25.6. The van der Waals surface area contributed by atoms with Crippen LogP contribution in [0, 0.1) is 11.3 Å². The minimum atomic E-state index is -3.66. The van der Waals surface area contributed by atoms with E-state index in [4.69, 9.17) is 5.26 Å². The van der Waals surface area contributed by atoms with Gasteiger partial charge in [-0.3, -0.25) is 14.5 Å². The van der Waals surface area contributed by atoms with Gasteiger partial charge < -0.3 is 0 Å². The van der Waals surface area contributed by atoms with Gasteiger partial charge in [-0.25, -0.2) is 8.42 Å². The quantitative estimate of drug-likeness (QED) is 0.746. The topological polar surface area (TPSA) is 98.5 Å². The maximum absolute atomic E-state index is 13.1. The summed E-state index contributed by atoms with van der Waals surface area (Å²) in [7, 11) is -3.66.